The summed E-state index contributed by atoms with van der Waals surface area (Å²) in [5.41, 5.74) is 8.56. The second kappa shape index (κ2) is 3.14. The molecule has 0 radical (unpaired) electrons. The first-order valence-electron chi connectivity index (χ1n) is 5.01. The van der Waals surface area contributed by atoms with Crippen LogP contribution in [0.3, 0.4) is 0 Å². The summed E-state index contributed by atoms with van der Waals surface area (Å²) in [7, 11) is 2.10. The van der Waals surface area contributed by atoms with E-state index in [0.29, 0.717) is 6.04 Å². The summed E-state index contributed by atoms with van der Waals surface area (Å²) >= 11 is 0. The van der Waals surface area contributed by atoms with Crippen molar-refractivity contribution >= 4 is 0 Å². The predicted molar refractivity (Wildman–Crippen MR) is 52.6 cm³/mol. The monoisotopic (exact) mass is 179 g/mol. The van der Waals surface area contributed by atoms with Gasteiger partial charge in [0.2, 0.25) is 0 Å². The Morgan fingerprint density at radius 2 is 2.38 bits per heavy atom. The van der Waals surface area contributed by atoms with Gasteiger partial charge in [0.1, 0.15) is 5.82 Å². The zero-order valence-electron chi connectivity index (χ0n) is 8.38. The van der Waals surface area contributed by atoms with Crippen molar-refractivity contribution < 1.29 is 0 Å². The number of hydrogen-bond acceptors (Lipinski definition) is 2. The molecule has 2 rings (SSSR count). The van der Waals surface area contributed by atoms with Gasteiger partial charge in [-0.15, -0.1) is 0 Å². The molecular formula is C10H17N3. The quantitative estimate of drug-likeness (QED) is 0.693. The van der Waals surface area contributed by atoms with Gasteiger partial charge < -0.3 is 10.3 Å². The molecule has 1 atom stereocenters. The van der Waals surface area contributed by atoms with Gasteiger partial charge >= 0.3 is 0 Å². The second-order valence-electron chi connectivity index (χ2n) is 3.84. The van der Waals surface area contributed by atoms with E-state index < -0.39 is 0 Å². The van der Waals surface area contributed by atoms with Crippen molar-refractivity contribution in [3.63, 3.8) is 0 Å². The smallest absolute Gasteiger partial charge is 0.108 e. The van der Waals surface area contributed by atoms with Gasteiger partial charge in [0.25, 0.3) is 0 Å². The molecule has 0 bridgehead atoms. The molecule has 13 heavy (non-hydrogen) atoms. The van der Waals surface area contributed by atoms with Crippen LogP contribution in [0.1, 0.15) is 30.6 Å². The Morgan fingerprint density at radius 1 is 1.62 bits per heavy atom. The van der Waals surface area contributed by atoms with Gasteiger partial charge in [-0.1, -0.05) is 6.92 Å². The highest BCUT2D eigenvalue weighted by molar-refractivity contribution is 5.21. The average molecular weight is 179 g/mol. The fraction of sp³-hybridized carbons (Fsp3) is 0.700. The van der Waals surface area contributed by atoms with E-state index in [0.717, 1.165) is 25.7 Å². The lowest BCUT2D eigenvalue weighted by molar-refractivity contribution is 0.550. The summed E-state index contributed by atoms with van der Waals surface area (Å²) in [6.45, 7) is 2.15. The number of rotatable bonds is 1. The Balaban J connectivity index is 2.40. The largest absolute Gasteiger partial charge is 0.335 e. The number of imidazole rings is 1. The van der Waals surface area contributed by atoms with Crippen LogP contribution < -0.4 is 5.73 Å². The van der Waals surface area contributed by atoms with E-state index in [2.05, 4.69) is 23.5 Å². The van der Waals surface area contributed by atoms with Gasteiger partial charge in [-0.05, 0) is 12.8 Å². The van der Waals surface area contributed by atoms with Crippen LogP contribution in [0.2, 0.25) is 0 Å². The molecule has 3 heteroatoms. The highest BCUT2D eigenvalue weighted by Crippen LogP contribution is 2.20. The molecule has 2 N–H and O–H groups in total. The van der Waals surface area contributed by atoms with Gasteiger partial charge in [-0.25, -0.2) is 4.98 Å². The van der Waals surface area contributed by atoms with E-state index >= 15 is 0 Å². The Kier molecular flexibility index (Phi) is 2.12. The summed E-state index contributed by atoms with van der Waals surface area (Å²) < 4.78 is 2.22. The molecule has 1 aliphatic carbocycles. The zero-order chi connectivity index (χ0) is 9.42. The molecule has 0 saturated carbocycles. The van der Waals surface area contributed by atoms with Gasteiger partial charge in [0.15, 0.2) is 0 Å². The van der Waals surface area contributed by atoms with Crippen molar-refractivity contribution in [3.8, 4) is 0 Å². The molecule has 1 aliphatic rings. The molecule has 1 heterocycles. The third-order valence-corrected chi connectivity index (χ3v) is 2.91. The second-order valence-corrected chi connectivity index (χ2v) is 3.84. The number of fused-ring (bicyclic) bond motifs is 1. The van der Waals surface area contributed by atoms with Gasteiger partial charge in [-0.2, -0.15) is 0 Å². The Morgan fingerprint density at radius 3 is 3.08 bits per heavy atom. The molecule has 0 amide bonds. The van der Waals surface area contributed by atoms with Crippen molar-refractivity contribution in [1.29, 1.82) is 0 Å². The van der Waals surface area contributed by atoms with E-state index in [1.165, 1.54) is 17.2 Å². The molecular weight excluding hydrogens is 162 g/mol. The van der Waals surface area contributed by atoms with Gasteiger partial charge in [0, 0.05) is 31.6 Å². The number of nitrogens with two attached hydrogens (primary N) is 1. The van der Waals surface area contributed by atoms with Crippen LogP contribution in [-0.2, 0) is 26.3 Å². The minimum Gasteiger partial charge on any atom is -0.335 e. The minimum absolute atomic E-state index is 0.340. The lowest BCUT2D eigenvalue weighted by Crippen LogP contribution is -2.28. The molecule has 1 aromatic heterocycles. The Labute approximate surface area is 79.0 Å². The van der Waals surface area contributed by atoms with Crippen LogP contribution in [0, 0.1) is 0 Å². The SMILES string of the molecule is CCc1nc2c(n1C)CC(N)CC2. The van der Waals surface area contributed by atoms with Crippen molar-refractivity contribution in [1.82, 2.24) is 9.55 Å². The third-order valence-electron chi connectivity index (χ3n) is 2.91. The molecule has 0 aliphatic heterocycles. The summed E-state index contributed by atoms with van der Waals surface area (Å²) in [6, 6.07) is 0.340. The van der Waals surface area contributed by atoms with Crippen molar-refractivity contribution in [2.45, 2.75) is 38.6 Å². The minimum atomic E-state index is 0.340. The lowest BCUT2D eigenvalue weighted by Gasteiger charge is -2.18. The fourth-order valence-corrected chi connectivity index (χ4v) is 2.09. The van der Waals surface area contributed by atoms with E-state index in [1.807, 2.05) is 0 Å². The molecule has 3 nitrogen and oxygen atoms in total. The molecule has 1 unspecified atom stereocenters. The number of aryl methyl sites for hydroxylation is 2. The highest BCUT2D eigenvalue weighted by atomic mass is 15.1. The standard InChI is InChI=1S/C10H17N3/c1-3-10-12-8-5-4-7(11)6-9(8)13(10)2/h7H,3-6,11H2,1-2H3. The maximum absolute atomic E-state index is 5.93. The van der Waals surface area contributed by atoms with Crippen LogP contribution in [-0.4, -0.2) is 15.6 Å². The van der Waals surface area contributed by atoms with E-state index in [-0.39, 0.29) is 0 Å². The van der Waals surface area contributed by atoms with Crippen LogP contribution in [0.5, 0.6) is 0 Å². The maximum Gasteiger partial charge on any atom is 0.108 e. The molecule has 0 aromatic carbocycles. The van der Waals surface area contributed by atoms with Crippen LogP contribution >= 0.6 is 0 Å². The maximum atomic E-state index is 5.93. The number of nitrogens with zero attached hydrogens (tertiary/aromatic N) is 2. The summed E-state index contributed by atoms with van der Waals surface area (Å²) in [6.07, 6.45) is 4.16. The van der Waals surface area contributed by atoms with Crippen LogP contribution in [0.25, 0.3) is 0 Å². The highest BCUT2D eigenvalue weighted by Gasteiger charge is 2.21. The normalized spacial score (nSPS) is 21.6. The molecule has 72 valence electrons. The Hall–Kier alpha value is -0.830. The van der Waals surface area contributed by atoms with Crippen molar-refractivity contribution in [2.75, 3.05) is 0 Å². The first-order chi connectivity index (χ1) is 6.22. The summed E-state index contributed by atoms with van der Waals surface area (Å²) in [4.78, 5) is 4.61. The van der Waals surface area contributed by atoms with Crippen LogP contribution in [0.4, 0.5) is 0 Å². The third kappa shape index (κ3) is 1.37. The summed E-state index contributed by atoms with van der Waals surface area (Å²) in [5, 5.41) is 0. The van der Waals surface area contributed by atoms with Crippen molar-refractivity contribution in [2.24, 2.45) is 12.8 Å². The lowest BCUT2D eigenvalue weighted by atomic mass is 9.97. The fourth-order valence-electron chi connectivity index (χ4n) is 2.09. The number of hydrogen-bond donors (Lipinski definition) is 1. The molecule has 0 saturated heterocycles. The first-order valence-corrected chi connectivity index (χ1v) is 5.01. The van der Waals surface area contributed by atoms with Crippen molar-refractivity contribution in [3.05, 3.63) is 17.2 Å². The van der Waals surface area contributed by atoms with E-state index in [4.69, 9.17) is 5.73 Å². The van der Waals surface area contributed by atoms with E-state index in [9.17, 15) is 0 Å². The van der Waals surface area contributed by atoms with E-state index in [1.54, 1.807) is 0 Å². The zero-order valence-corrected chi connectivity index (χ0v) is 8.38. The van der Waals surface area contributed by atoms with Gasteiger partial charge in [0.05, 0.1) is 5.69 Å². The molecule has 0 spiro atoms. The predicted octanol–water partition coefficient (Wildman–Crippen LogP) is 0.799. The van der Waals surface area contributed by atoms with Crippen LogP contribution in [0.15, 0.2) is 0 Å². The topological polar surface area (TPSA) is 43.8 Å². The molecule has 0 fully saturated rings. The Bertz CT molecular complexity index is 314. The first kappa shape index (κ1) is 8.75. The molecule has 1 aromatic rings. The summed E-state index contributed by atoms with van der Waals surface area (Å²) in [5.74, 6) is 1.19. The van der Waals surface area contributed by atoms with Gasteiger partial charge in [-0.3, -0.25) is 0 Å². The average Bonchev–Trinajstić information content (AvgIpc) is 2.44. The number of aromatic nitrogens is 2.